The van der Waals surface area contributed by atoms with Gasteiger partial charge in [0.2, 0.25) is 10.0 Å². The monoisotopic (exact) mass is 271 g/mol. The topological polar surface area (TPSA) is 46.2 Å². The second-order valence-electron chi connectivity index (χ2n) is 5.30. The smallest absolute Gasteiger partial charge is 0.211 e. The van der Waals surface area contributed by atoms with Crippen LogP contribution >= 0.6 is 0 Å². The molecule has 2 rings (SSSR count). The van der Waals surface area contributed by atoms with E-state index in [2.05, 4.69) is 11.6 Å². The summed E-state index contributed by atoms with van der Waals surface area (Å²) in [5.74, 6) is -0.434. The summed E-state index contributed by atoms with van der Waals surface area (Å²) in [4.78, 5) is 0.116. The molecule has 0 spiro atoms. The second kappa shape index (κ2) is 4.97. The Labute approximate surface area is 107 Å². The number of hydrogen-bond acceptors (Lipinski definition) is 2. The highest BCUT2D eigenvalue weighted by Crippen LogP contribution is 2.36. The molecule has 1 aromatic rings. The van der Waals surface area contributed by atoms with Crippen LogP contribution in [0.3, 0.4) is 0 Å². The maximum atomic E-state index is 12.8. The Morgan fingerprint density at radius 1 is 1.22 bits per heavy atom. The van der Waals surface area contributed by atoms with E-state index in [4.69, 9.17) is 0 Å². The van der Waals surface area contributed by atoms with E-state index < -0.39 is 15.8 Å². The van der Waals surface area contributed by atoms with Gasteiger partial charge in [0.05, 0.1) is 4.90 Å². The molecule has 0 saturated heterocycles. The van der Waals surface area contributed by atoms with Crippen molar-refractivity contribution >= 4 is 10.0 Å². The summed E-state index contributed by atoms with van der Waals surface area (Å²) in [7, 11) is -3.52. The van der Waals surface area contributed by atoms with Crippen molar-refractivity contribution in [2.75, 3.05) is 6.54 Å². The molecule has 0 amide bonds. The van der Waals surface area contributed by atoms with Crippen molar-refractivity contribution in [3.8, 4) is 0 Å². The largest absolute Gasteiger partial charge is 0.240 e. The molecular formula is C13H18FNO2S. The number of benzene rings is 1. The molecule has 1 aliphatic rings. The van der Waals surface area contributed by atoms with Gasteiger partial charge < -0.3 is 0 Å². The van der Waals surface area contributed by atoms with E-state index in [0.29, 0.717) is 6.54 Å². The lowest BCUT2D eigenvalue weighted by atomic mass is 9.89. The quantitative estimate of drug-likeness (QED) is 0.915. The lowest BCUT2D eigenvalue weighted by Crippen LogP contribution is -2.34. The highest BCUT2D eigenvalue weighted by molar-refractivity contribution is 7.89. The van der Waals surface area contributed by atoms with E-state index in [0.717, 1.165) is 37.8 Å². The van der Waals surface area contributed by atoms with Crippen molar-refractivity contribution in [1.29, 1.82) is 0 Å². The zero-order valence-corrected chi connectivity index (χ0v) is 11.3. The number of nitrogens with one attached hydrogen (secondary N) is 1. The van der Waals surface area contributed by atoms with Crippen molar-refractivity contribution in [1.82, 2.24) is 4.72 Å². The zero-order valence-electron chi connectivity index (χ0n) is 10.4. The lowest BCUT2D eigenvalue weighted by Gasteiger charge is -2.23. The van der Waals surface area contributed by atoms with Gasteiger partial charge in [-0.3, -0.25) is 0 Å². The fourth-order valence-corrected chi connectivity index (χ4v) is 3.57. The van der Waals surface area contributed by atoms with Crippen LogP contribution < -0.4 is 4.72 Å². The van der Waals surface area contributed by atoms with Gasteiger partial charge in [-0.1, -0.05) is 19.8 Å². The third-order valence-corrected chi connectivity index (χ3v) is 5.04. The zero-order chi connectivity index (χ0) is 13.2. The predicted octanol–water partition coefficient (Wildman–Crippen LogP) is 2.68. The predicted molar refractivity (Wildman–Crippen MR) is 68.2 cm³/mol. The van der Waals surface area contributed by atoms with E-state index >= 15 is 0 Å². The van der Waals surface area contributed by atoms with Crippen LogP contribution in [0.4, 0.5) is 4.39 Å². The molecule has 1 N–H and O–H groups in total. The molecule has 1 aliphatic carbocycles. The van der Waals surface area contributed by atoms with Crippen LogP contribution in [0.2, 0.25) is 0 Å². The van der Waals surface area contributed by atoms with Crippen molar-refractivity contribution in [2.24, 2.45) is 5.41 Å². The highest BCUT2D eigenvalue weighted by atomic mass is 32.2. The molecule has 0 radical (unpaired) electrons. The molecule has 0 bridgehead atoms. The fourth-order valence-electron chi connectivity index (χ4n) is 2.37. The van der Waals surface area contributed by atoms with Gasteiger partial charge in [0.1, 0.15) is 5.82 Å². The normalized spacial score (nSPS) is 19.0. The Balaban J connectivity index is 2.05. The standard InChI is InChI=1S/C13H18FNO2S/c1-13(8-2-3-9-13)10-15-18(16,17)12-6-4-11(14)5-7-12/h4-7,15H,2-3,8-10H2,1H3. The van der Waals surface area contributed by atoms with Gasteiger partial charge in [-0.2, -0.15) is 0 Å². The molecule has 1 fully saturated rings. The first-order valence-electron chi connectivity index (χ1n) is 6.17. The molecule has 100 valence electrons. The first kappa shape index (κ1) is 13.5. The van der Waals surface area contributed by atoms with Gasteiger partial charge in [-0.15, -0.1) is 0 Å². The summed E-state index contributed by atoms with van der Waals surface area (Å²) in [6.45, 7) is 2.56. The molecule has 1 aromatic carbocycles. The van der Waals surface area contributed by atoms with Crippen LogP contribution in [-0.4, -0.2) is 15.0 Å². The van der Waals surface area contributed by atoms with Gasteiger partial charge in [0, 0.05) is 6.54 Å². The Morgan fingerprint density at radius 3 is 2.33 bits per heavy atom. The first-order valence-corrected chi connectivity index (χ1v) is 7.65. The van der Waals surface area contributed by atoms with Crippen LogP contribution in [0.15, 0.2) is 29.2 Å². The molecule has 0 aromatic heterocycles. The molecular weight excluding hydrogens is 253 g/mol. The maximum Gasteiger partial charge on any atom is 0.240 e. The SMILES string of the molecule is CC1(CNS(=O)(=O)c2ccc(F)cc2)CCCC1. The third-order valence-electron chi connectivity index (χ3n) is 3.62. The van der Waals surface area contributed by atoms with Crippen LogP contribution in [0.5, 0.6) is 0 Å². The molecule has 3 nitrogen and oxygen atoms in total. The summed E-state index contributed by atoms with van der Waals surface area (Å²) >= 11 is 0. The summed E-state index contributed by atoms with van der Waals surface area (Å²) in [5.41, 5.74) is 0.0626. The van der Waals surface area contributed by atoms with Crippen molar-refractivity contribution in [3.05, 3.63) is 30.1 Å². The molecule has 0 aliphatic heterocycles. The average molecular weight is 271 g/mol. The van der Waals surface area contributed by atoms with E-state index in [9.17, 15) is 12.8 Å². The molecule has 0 unspecified atom stereocenters. The Bertz CT molecular complexity index is 504. The van der Waals surface area contributed by atoms with E-state index in [-0.39, 0.29) is 10.3 Å². The van der Waals surface area contributed by atoms with E-state index in [1.165, 1.54) is 12.1 Å². The van der Waals surface area contributed by atoms with Gasteiger partial charge in [0.15, 0.2) is 0 Å². The van der Waals surface area contributed by atoms with Crippen molar-refractivity contribution < 1.29 is 12.8 Å². The molecule has 5 heteroatoms. The summed E-state index contributed by atoms with van der Waals surface area (Å²) in [6.07, 6.45) is 4.43. The van der Waals surface area contributed by atoms with Gasteiger partial charge in [-0.05, 0) is 42.5 Å². The molecule has 0 heterocycles. The molecule has 1 saturated carbocycles. The highest BCUT2D eigenvalue weighted by Gasteiger charge is 2.30. The van der Waals surface area contributed by atoms with Crippen LogP contribution in [0.1, 0.15) is 32.6 Å². The minimum Gasteiger partial charge on any atom is -0.211 e. The minimum absolute atomic E-state index is 0.0626. The van der Waals surface area contributed by atoms with E-state index in [1.807, 2.05) is 0 Å². The lowest BCUT2D eigenvalue weighted by molar-refractivity contribution is 0.336. The molecule has 18 heavy (non-hydrogen) atoms. The van der Waals surface area contributed by atoms with E-state index in [1.54, 1.807) is 0 Å². The van der Waals surface area contributed by atoms with Crippen LogP contribution in [0.25, 0.3) is 0 Å². The third kappa shape index (κ3) is 3.09. The number of halogens is 1. The van der Waals surface area contributed by atoms with Gasteiger partial charge >= 0.3 is 0 Å². The minimum atomic E-state index is -3.52. The number of sulfonamides is 1. The number of rotatable bonds is 4. The second-order valence-corrected chi connectivity index (χ2v) is 7.06. The average Bonchev–Trinajstić information content (AvgIpc) is 2.75. The Morgan fingerprint density at radius 2 is 1.78 bits per heavy atom. The summed E-state index contributed by atoms with van der Waals surface area (Å²) < 4.78 is 39.4. The Hall–Kier alpha value is -0.940. The first-order chi connectivity index (χ1) is 8.41. The summed E-state index contributed by atoms with van der Waals surface area (Å²) in [5, 5.41) is 0. The van der Waals surface area contributed by atoms with Gasteiger partial charge in [0.25, 0.3) is 0 Å². The maximum absolute atomic E-state index is 12.8. The Kier molecular flexibility index (Phi) is 3.73. The molecule has 0 atom stereocenters. The number of hydrogen-bond donors (Lipinski definition) is 1. The van der Waals surface area contributed by atoms with Crippen LogP contribution in [0, 0.1) is 11.2 Å². The van der Waals surface area contributed by atoms with Gasteiger partial charge in [-0.25, -0.2) is 17.5 Å². The fraction of sp³-hybridized carbons (Fsp3) is 0.538. The van der Waals surface area contributed by atoms with Crippen LogP contribution in [-0.2, 0) is 10.0 Å². The van der Waals surface area contributed by atoms with Crippen molar-refractivity contribution in [3.63, 3.8) is 0 Å². The van der Waals surface area contributed by atoms with Crippen molar-refractivity contribution in [2.45, 2.75) is 37.5 Å². The summed E-state index contributed by atoms with van der Waals surface area (Å²) in [6, 6.07) is 4.89.